The van der Waals surface area contributed by atoms with E-state index in [1.807, 2.05) is 0 Å². The second-order valence-corrected chi connectivity index (χ2v) is 5.86. The molecule has 1 saturated carbocycles. The number of amides is 1. The van der Waals surface area contributed by atoms with Crippen LogP contribution in [0.2, 0.25) is 5.02 Å². The molecule has 10 heteroatoms. The normalized spacial score (nSPS) is 15.7. The molecule has 1 unspecified atom stereocenters. The second-order valence-electron chi connectivity index (χ2n) is 5.45. The smallest absolute Gasteiger partial charge is 0.417 e. The largest absolute Gasteiger partial charge is 0.480 e. The van der Waals surface area contributed by atoms with Crippen molar-refractivity contribution >= 4 is 29.3 Å². The number of nitrogens with zero attached hydrogens (tertiary/aromatic N) is 1. The van der Waals surface area contributed by atoms with Crippen molar-refractivity contribution in [1.29, 1.82) is 0 Å². The molecule has 3 N–H and O–H groups in total. The van der Waals surface area contributed by atoms with Crippen molar-refractivity contribution in [2.45, 2.75) is 31.5 Å². The lowest BCUT2D eigenvalue weighted by molar-refractivity contribution is -0.142. The van der Waals surface area contributed by atoms with Gasteiger partial charge >= 0.3 is 12.1 Å². The van der Waals surface area contributed by atoms with Gasteiger partial charge in [0, 0.05) is 19.2 Å². The van der Waals surface area contributed by atoms with E-state index >= 15 is 0 Å². The highest BCUT2D eigenvalue weighted by Gasteiger charge is 2.37. The number of carbonyl (C=O) groups is 2. The second kappa shape index (κ2) is 7.25. The zero-order valence-electron chi connectivity index (χ0n) is 12.4. The van der Waals surface area contributed by atoms with Gasteiger partial charge in [-0.05, 0) is 24.8 Å². The molecule has 0 bridgehead atoms. The average molecular weight is 366 g/mol. The lowest BCUT2D eigenvalue weighted by Crippen LogP contribution is -2.42. The fourth-order valence-corrected chi connectivity index (χ4v) is 2.31. The summed E-state index contributed by atoms with van der Waals surface area (Å²) in [5.74, 6) is -1.56. The average Bonchev–Trinajstić information content (AvgIpc) is 3.29. The lowest BCUT2D eigenvalue weighted by atomic mass is 10.2. The quantitative estimate of drug-likeness (QED) is 0.690. The van der Waals surface area contributed by atoms with Crippen LogP contribution in [0.1, 0.15) is 24.8 Å². The zero-order chi connectivity index (χ0) is 17.9. The molecule has 1 heterocycles. The van der Waals surface area contributed by atoms with Crippen molar-refractivity contribution in [3.05, 3.63) is 22.8 Å². The number of nitrogens with one attached hydrogen (secondary N) is 2. The van der Waals surface area contributed by atoms with Crippen LogP contribution in [-0.2, 0) is 15.8 Å². The van der Waals surface area contributed by atoms with Crippen LogP contribution in [-0.4, -0.2) is 34.6 Å². The molecule has 1 amide bonds. The van der Waals surface area contributed by atoms with Gasteiger partial charge in [-0.15, -0.1) is 0 Å². The minimum Gasteiger partial charge on any atom is -0.480 e. The number of rotatable bonds is 7. The zero-order valence-corrected chi connectivity index (χ0v) is 13.1. The van der Waals surface area contributed by atoms with Crippen LogP contribution in [0.3, 0.4) is 0 Å². The van der Waals surface area contributed by atoms with Crippen LogP contribution in [0.15, 0.2) is 12.3 Å². The number of aliphatic carboxylic acids is 1. The maximum absolute atomic E-state index is 12.5. The van der Waals surface area contributed by atoms with Crippen LogP contribution in [0.4, 0.5) is 19.0 Å². The summed E-state index contributed by atoms with van der Waals surface area (Å²) in [6.07, 6.45) is -2.43. The fraction of sp³-hybridized carbons (Fsp3) is 0.500. The van der Waals surface area contributed by atoms with Crippen molar-refractivity contribution in [3.63, 3.8) is 0 Å². The molecule has 1 fully saturated rings. The third-order valence-electron chi connectivity index (χ3n) is 3.49. The van der Waals surface area contributed by atoms with E-state index in [1.165, 1.54) is 0 Å². The molecule has 0 radical (unpaired) electrons. The Balaban J connectivity index is 1.83. The first kappa shape index (κ1) is 18.3. The predicted molar refractivity (Wildman–Crippen MR) is 79.6 cm³/mol. The van der Waals surface area contributed by atoms with E-state index in [0.717, 1.165) is 18.9 Å². The van der Waals surface area contributed by atoms with Crippen molar-refractivity contribution in [3.8, 4) is 0 Å². The van der Waals surface area contributed by atoms with Gasteiger partial charge in [-0.1, -0.05) is 11.6 Å². The lowest BCUT2D eigenvalue weighted by Gasteiger charge is -2.14. The number of pyridine rings is 1. The van der Waals surface area contributed by atoms with Crippen molar-refractivity contribution in [1.82, 2.24) is 10.3 Å². The third-order valence-corrected chi connectivity index (χ3v) is 3.78. The van der Waals surface area contributed by atoms with Gasteiger partial charge in [0.1, 0.15) is 11.9 Å². The van der Waals surface area contributed by atoms with Crippen molar-refractivity contribution < 1.29 is 27.9 Å². The van der Waals surface area contributed by atoms with E-state index in [9.17, 15) is 22.8 Å². The summed E-state index contributed by atoms with van der Waals surface area (Å²) in [4.78, 5) is 26.3. The topological polar surface area (TPSA) is 91.3 Å². The summed E-state index contributed by atoms with van der Waals surface area (Å²) in [6.45, 7) is 0.0565. The highest BCUT2D eigenvalue weighted by Crippen LogP contribution is 2.33. The number of hydrogen-bond donors (Lipinski definition) is 3. The molecule has 1 aliphatic rings. The monoisotopic (exact) mass is 365 g/mol. The van der Waals surface area contributed by atoms with E-state index in [2.05, 4.69) is 15.6 Å². The summed E-state index contributed by atoms with van der Waals surface area (Å²) in [6, 6.07) is -0.157. The van der Waals surface area contributed by atoms with Gasteiger partial charge in [0.2, 0.25) is 5.91 Å². The van der Waals surface area contributed by atoms with Crippen LogP contribution in [0.25, 0.3) is 0 Å². The van der Waals surface area contributed by atoms with Gasteiger partial charge in [-0.3, -0.25) is 4.79 Å². The van der Waals surface area contributed by atoms with Gasteiger partial charge < -0.3 is 15.7 Å². The summed E-state index contributed by atoms with van der Waals surface area (Å²) < 4.78 is 37.5. The molecule has 2 rings (SSSR count). The minimum absolute atomic E-state index is 0.0226. The van der Waals surface area contributed by atoms with E-state index in [0.29, 0.717) is 6.20 Å². The molecule has 0 spiro atoms. The molecular formula is C14H15ClF3N3O3. The number of carboxylic acid groups (broad SMARTS) is 1. The Hall–Kier alpha value is -2.03. The molecule has 0 aliphatic heterocycles. The molecular weight excluding hydrogens is 351 g/mol. The highest BCUT2D eigenvalue weighted by molar-refractivity contribution is 6.32. The third kappa shape index (κ3) is 4.98. The molecule has 1 aliphatic carbocycles. The molecule has 24 heavy (non-hydrogen) atoms. The number of alkyl halides is 3. The Morgan fingerprint density at radius 2 is 2.08 bits per heavy atom. The number of hydrogen-bond acceptors (Lipinski definition) is 4. The Labute approximate surface area is 140 Å². The molecule has 1 aromatic rings. The summed E-state index contributed by atoms with van der Waals surface area (Å²) in [5, 5.41) is 13.9. The number of carboxylic acids is 1. The molecule has 6 nitrogen and oxygen atoms in total. The van der Waals surface area contributed by atoms with Crippen LogP contribution in [0, 0.1) is 5.92 Å². The number of anilines is 1. The van der Waals surface area contributed by atoms with Gasteiger partial charge in [0.15, 0.2) is 0 Å². The SMILES string of the molecule is O=C(CCNc1ncc(C(F)(F)F)cc1Cl)NC(C(=O)O)C1CC1. The fourth-order valence-electron chi connectivity index (χ4n) is 2.07. The minimum atomic E-state index is -4.54. The van der Waals surface area contributed by atoms with Crippen LogP contribution < -0.4 is 10.6 Å². The summed E-state index contributed by atoms with van der Waals surface area (Å²) in [7, 11) is 0. The first-order valence-corrected chi connectivity index (χ1v) is 7.55. The van der Waals surface area contributed by atoms with E-state index < -0.39 is 29.7 Å². The Morgan fingerprint density at radius 1 is 1.42 bits per heavy atom. The van der Waals surface area contributed by atoms with Crippen molar-refractivity contribution in [2.24, 2.45) is 5.92 Å². The maximum atomic E-state index is 12.5. The molecule has 0 aromatic carbocycles. The Bertz CT molecular complexity index is 635. The molecule has 132 valence electrons. The Kier molecular flexibility index (Phi) is 5.53. The standard InChI is InChI=1S/C14H15ClF3N3O3/c15-9-5-8(14(16,17)18)6-20-12(9)19-4-3-10(22)21-11(13(23)24)7-1-2-7/h5-7,11H,1-4H2,(H,19,20)(H,21,22)(H,23,24). The van der Waals surface area contributed by atoms with Gasteiger partial charge in [-0.25, -0.2) is 9.78 Å². The number of halogens is 4. The first-order chi connectivity index (χ1) is 11.2. The van der Waals surface area contributed by atoms with E-state index in [1.54, 1.807) is 0 Å². The van der Waals surface area contributed by atoms with Gasteiger partial charge in [0.05, 0.1) is 10.6 Å². The predicted octanol–water partition coefficient (Wildman–Crippen LogP) is 2.54. The first-order valence-electron chi connectivity index (χ1n) is 7.17. The van der Waals surface area contributed by atoms with Gasteiger partial charge in [-0.2, -0.15) is 13.2 Å². The molecule has 1 atom stereocenters. The highest BCUT2D eigenvalue weighted by atomic mass is 35.5. The molecule has 0 saturated heterocycles. The summed E-state index contributed by atoms with van der Waals surface area (Å²) >= 11 is 5.72. The Morgan fingerprint density at radius 3 is 2.58 bits per heavy atom. The maximum Gasteiger partial charge on any atom is 0.417 e. The van der Waals surface area contributed by atoms with E-state index in [4.69, 9.17) is 16.7 Å². The number of carbonyl (C=O) groups excluding carboxylic acids is 1. The summed E-state index contributed by atoms with van der Waals surface area (Å²) in [5.41, 5.74) is -0.968. The van der Waals surface area contributed by atoms with E-state index in [-0.39, 0.29) is 29.7 Å². The van der Waals surface area contributed by atoms with Crippen molar-refractivity contribution in [2.75, 3.05) is 11.9 Å². The molecule has 1 aromatic heterocycles. The van der Waals surface area contributed by atoms with Crippen LogP contribution in [0.5, 0.6) is 0 Å². The number of aromatic nitrogens is 1. The van der Waals surface area contributed by atoms with Crippen LogP contribution >= 0.6 is 11.6 Å². The van der Waals surface area contributed by atoms with Gasteiger partial charge in [0.25, 0.3) is 0 Å².